The van der Waals surface area contributed by atoms with Crippen molar-refractivity contribution in [2.45, 2.75) is 17.7 Å². The van der Waals surface area contributed by atoms with Crippen molar-refractivity contribution in [3.05, 3.63) is 59.9 Å². The second-order valence-electron chi connectivity index (χ2n) is 6.44. The first-order valence-corrected chi connectivity index (χ1v) is 9.79. The van der Waals surface area contributed by atoms with Crippen molar-refractivity contribution in [1.82, 2.24) is 4.90 Å². The topological polar surface area (TPSA) is 63.7 Å². The maximum Gasteiger partial charge on any atom is 0.342 e. The maximum atomic E-state index is 13.8. The fourth-order valence-corrected chi connectivity index (χ4v) is 4.03. The van der Waals surface area contributed by atoms with E-state index in [1.54, 1.807) is 12.1 Å². The monoisotopic (exact) mass is 377 g/mol. The lowest BCUT2D eigenvalue weighted by Gasteiger charge is -2.28. The van der Waals surface area contributed by atoms with Gasteiger partial charge in [0.15, 0.2) is 5.78 Å². The smallest absolute Gasteiger partial charge is 0.342 e. The third-order valence-corrected chi connectivity index (χ3v) is 5.80. The van der Waals surface area contributed by atoms with Crippen LogP contribution in [0.2, 0.25) is 0 Å². The number of rotatable bonds is 5. The summed E-state index contributed by atoms with van der Waals surface area (Å²) in [5.41, 5.74) is 0.404. The molecule has 1 aliphatic rings. The number of Topliss-reactive ketones (excluding diaryl/α,β-unsaturated/α-hetero) is 1. The average Bonchev–Trinajstić information content (AvgIpc) is 2.62. The van der Waals surface area contributed by atoms with Crippen LogP contribution in [0.25, 0.3) is 0 Å². The molecule has 0 radical (unpaired) electrons. The Bertz CT molecular complexity index is 905. The Morgan fingerprint density at radius 2 is 1.81 bits per heavy atom. The molecule has 1 fully saturated rings. The van der Waals surface area contributed by atoms with E-state index < -0.39 is 20.8 Å². The highest BCUT2D eigenvalue weighted by Crippen LogP contribution is 2.25. The molecule has 0 aliphatic carbocycles. The third kappa shape index (κ3) is 4.11. The first-order valence-electron chi connectivity index (χ1n) is 8.38. The van der Waals surface area contributed by atoms with Gasteiger partial charge in [-0.1, -0.05) is 24.3 Å². The molecule has 0 bridgehead atoms. The highest BCUT2D eigenvalue weighted by Gasteiger charge is 2.25. The molecule has 1 saturated heterocycles. The first kappa shape index (κ1) is 18.5. The Labute approximate surface area is 152 Å². The lowest BCUT2D eigenvalue weighted by molar-refractivity contribution is 0.0856. The highest BCUT2D eigenvalue weighted by molar-refractivity contribution is 7.87. The zero-order valence-corrected chi connectivity index (χ0v) is 15.2. The zero-order chi connectivity index (χ0) is 18.7. The van der Waals surface area contributed by atoms with Gasteiger partial charge in [-0.25, -0.2) is 4.39 Å². The lowest BCUT2D eigenvalue weighted by atomic mass is 9.89. The summed E-state index contributed by atoms with van der Waals surface area (Å²) in [6.07, 6.45) is 1.54. The number of ketones is 1. The number of nitrogens with zero attached hydrogens (tertiary/aromatic N) is 1. The van der Waals surface area contributed by atoms with Crippen molar-refractivity contribution in [2.24, 2.45) is 5.92 Å². The van der Waals surface area contributed by atoms with Gasteiger partial charge in [-0.3, -0.25) is 4.79 Å². The van der Waals surface area contributed by atoms with E-state index in [9.17, 15) is 17.6 Å². The normalized spacial score (nSPS) is 16.4. The molecular weight excluding hydrogens is 357 g/mol. The molecule has 3 rings (SSSR count). The summed E-state index contributed by atoms with van der Waals surface area (Å²) < 4.78 is 43.4. The molecule has 138 valence electrons. The van der Waals surface area contributed by atoms with E-state index in [2.05, 4.69) is 4.90 Å². The molecule has 0 aromatic heterocycles. The number of halogens is 1. The van der Waals surface area contributed by atoms with Crippen LogP contribution in [-0.4, -0.2) is 39.2 Å². The lowest BCUT2D eigenvalue weighted by Crippen LogP contribution is -2.33. The summed E-state index contributed by atoms with van der Waals surface area (Å²) >= 11 is 0. The van der Waals surface area contributed by atoms with E-state index in [4.69, 9.17) is 4.18 Å². The van der Waals surface area contributed by atoms with Crippen molar-refractivity contribution < 1.29 is 21.8 Å². The van der Waals surface area contributed by atoms with E-state index in [0.717, 1.165) is 38.1 Å². The van der Waals surface area contributed by atoms with Gasteiger partial charge >= 0.3 is 10.1 Å². The summed E-state index contributed by atoms with van der Waals surface area (Å²) in [5.74, 6) is -0.991. The van der Waals surface area contributed by atoms with Crippen LogP contribution < -0.4 is 4.18 Å². The van der Waals surface area contributed by atoms with E-state index in [0.29, 0.717) is 5.56 Å². The number of carbonyl (C=O) groups excluding carboxylic acids is 1. The number of benzene rings is 2. The average molecular weight is 377 g/mol. The van der Waals surface area contributed by atoms with Gasteiger partial charge in [0.1, 0.15) is 16.5 Å². The fourth-order valence-electron chi connectivity index (χ4n) is 3.03. The van der Waals surface area contributed by atoms with Gasteiger partial charge in [-0.15, -0.1) is 0 Å². The van der Waals surface area contributed by atoms with Crippen molar-refractivity contribution in [1.29, 1.82) is 0 Å². The number of hydrogen-bond donors (Lipinski definition) is 0. The van der Waals surface area contributed by atoms with E-state index >= 15 is 0 Å². The molecule has 7 heteroatoms. The zero-order valence-electron chi connectivity index (χ0n) is 14.4. The van der Waals surface area contributed by atoms with Crippen LogP contribution in [0.15, 0.2) is 53.4 Å². The van der Waals surface area contributed by atoms with Gasteiger partial charge in [0.2, 0.25) is 0 Å². The number of likely N-dealkylation sites (tertiary alicyclic amines) is 1. The standard InChI is InChI=1S/C19H20FNO4S/c1-21-11-9-14(10-12-21)19(22)15-5-4-6-16(13-15)25-26(23,24)18-8-3-2-7-17(18)20/h2-8,13-14H,9-12H2,1H3. The molecule has 5 nitrogen and oxygen atoms in total. The molecule has 1 heterocycles. The van der Waals surface area contributed by atoms with Crippen LogP contribution in [0.3, 0.4) is 0 Å². The molecular formula is C19H20FNO4S. The van der Waals surface area contributed by atoms with Crippen LogP contribution in [0.5, 0.6) is 5.75 Å². The maximum absolute atomic E-state index is 13.8. The van der Waals surface area contributed by atoms with E-state index in [1.807, 2.05) is 7.05 Å². The second kappa shape index (κ2) is 7.55. The number of carbonyl (C=O) groups is 1. The van der Waals surface area contributed by atoms with E-state index in [-0.39, 0.29) is 17.5 Å². The van der Waals surface area contributed by atoms with Crippen molar-refractivity contribution in [3.8, 4) is 5.75 Å². The predicted octanol–water partition coefficient (Wildman–Crippen LogP) is 3.12. The van der Waals surface area contributed by atoms with Crippen LogP contribution in [0, 0.1) is 11.7 Å². The fraction of sp³-hybridized carbons (Fsp3) is 0.316. The van der Waals surface area contributed by atoms with Gasteiger partial charge in [0.05, 0.1) is 0 Å². The Kier molecular flexibility index (Phi) is 5.38. The number of hydrogen-bond acceptors (Lipinski definition) is 5. The molecule has 2 aromatic carbocycles. The Balaban J connectivity index is 1.79. The minimum Gasteiger partial charge on any atom is -0.379 e. The van der Waals surface area contributed by atoms with E-state index in [1.165, 1.54) is 24.3 Å². The molecule has 0 spiro atoms. The molecule has 2 aromatic rings. The first-order chi connectivity index (χ1) is 12.4. The largest absolute Gasteiger partial charge is 0.379 e. The second-order valence-corrected chi connectivity index (χ2v) is 7.95. The highest BCUT2D eigenvalue weighted by atomic mass is 32.2. The van der Waals surface area contributed by atoms with Gasteiger partial charge in [-0.05, 0) is 57.2 Å². The summed E-state index contributed by atoms with van der Waals surface area (Å²) in [5, 5.41) is 0. The van der Waals surface area contributed by atoms with Crippen molar-refractivity contribution in [2.75, 3.05) is 20.1 Å². The molecule has 0 amide bonds. The molecule has 1 aliphatic heterocycles. The minimum atomic E-state index is -4.31. The molecule has 0 N–H and O–H groups in total. The summed E-state index contributed by atoms with van der Waals surface area (Å²) in [6, 6.07) is 11.0. The third-order valence-electron chi connectivity index (χ3n) is 4.52. The van der Waals surface area contributed by atoms with Crippen LogP contribution in [-0.2, 0) is 10.1 Å². The van der Waals surface area contributed by atoms with Gasteiger partial charge in [0, 0.05) is 11.5 Å². The summed E-state index contributed by atoms with van der Waals surface area (Å²) in [6.45, 7) is 1.71. The Morgan fingerprint density at radius 3 is 2.50 bits per heavy atom. The van der Waals surface area contributed by atoms with Crippen molar-refractivity contribution >= 4 is 15.9 Å². The molecule has 0 unspecified atom stereocenters. The van der Waals surface area contributed by atoms with Gasteiger partial charge in [0.25, 0.3) is 0 Å². The summed E-state index contributed by atoms with van der Waals surface area (Å²) in [7, 11) is -2.29. The predicted molar refractivity (Wildman–Crippen MR) is 95.2 cm³/mol. The van der Waals surface area contributed by atoms with Crippen LogP contribution in [0.4, 0.5) is 4.39 Å². The van der Waals surface area contributed by atoms with Gasteiger partial charge < -0.3 is 9.08 Å². The molecule has 0 saturated carbocycles. The Hall–Kier alpha value is -2.25. The minimum absolute atomic E-state index is 0.00738. The Morgan fingerprint density at radius 1 is 1.12 bits per heavy atom. The molecule has 0 atom stereocenters. The van der Waals surface area contributed by atoms with Crippen molar-refractivity contribution in [3.63, 3.8) is 0 Å². The van der Waals surface area contributed by atoms with Gasteiger partial charge in [-0.2, -0.15) is 8.42 Å². The van der Waals surface area contributed by atoms with Crippen LogP contribution >= 0.6 is 0 Å². The quantitative estimate of drug-likeness (QED) is 0.592. The number of piperidine rings is 1. The molecule has 26 heavy (non-hydrogen) atoms. The summed E-state index contributed by atoms with van der Waals surface area (Å²) in [4.78, 5) is 14.3. The van der Waals surface area contributed by atoms with Crippen LogP contribution in [0.1, 0.15) is 23.2 Å². The SMILES string of the molecule is CN1CCC(C(=O)c2cccc(OS(=O)(=O)c3ccccc3F)c2)CC1.